The molecule has 0 unspecified atom stereocenters. The lowest BCUT2D eigenvalue weighted by Crippen LogP contribution is -2.14. The molecule has 4 saturated carbocycles. The van der Waals surface area contributed by atoms with Gasteiger partial charge in [0, 0.05) is 10.8 Å². The van der Waals surface area contributed by atoms with Crippen LogP contribution in [0.5, 0.6) is 0 Å². The van der Waals surface area contributed by atoms with Crippen molar-refractivity contribution in [2.75, 3.05) is 0 Å². The van der Waals surface area contributed by atoms with Crippen LogP contribution in [0.2, 0.25) is 0 Å². The van der Waals surface area contributed by atoms with Crippen molar-refractivity contribution >= 4 is 63.7 Å². The lowest BCUT2D eigenvalue weighted by Gasteiger charge is -2.21. The van der Waals surface area contributed by atoms with E-state index in [4.69, 9.17) is 0 Å². The van der Waals surface area contributed by atoms with E-state index in [1.165, 1.54) is 32.1 Å². The Kier molecular flexibility index (Phi) is 1.87. The maximum atomic E-state index is 3.98. The van der Waals surface area contributed by atoms with Crippen LogP contribution in [-0.4, -0.2) is 6.47 Å². The Labute approximate surface area is 124 Å². The first-order valence-corrected chi connectivity index (χ1v) is 8.82. The molecule has 0 radical (unpaired) electrons. The maximum absolute atomic E-state index is 3.98. The Balaban J connectivity index is 1.77. The molecule has 4 aliphatic carbocycles. The molecule has 0 aromatic heterocycles. The second-order valence-corrected chi connectivity index (χ2v) is 13.0. The Morgan fingerprint density at radius 2 is 1.27 bits per heavy atom. The molecule has 0 aromatic rings. The number of halogens is 4. The Morgan fingerprint density at radius 3 is 1.73 bits per heavy atom. The number of alkyl halides is 4. The van der Waals surface area contributed by atoms with E-state index < -0.39 is 0 Å². The van der Waals surface area contributed by atoms with Crippen molar-refractivity contribution in [3.05, 3.63) is 0 Å². The monoisotopic (exact) mass is 460 g/mol. The van der Waals surface area contributed by atoms with Crippen molar-refractivity contribution in [2.24, 2.45) is 22.7 Å². The van der Waals surface area contributed by atoms with Gasteiger partial charge in [0.15, 0.2) is 0 Å². The minimum atomic E-state index is 0.280. The summed E-state index contributed by atoms with van der Waals surface area (Å²) in [6.45, 7) is 0. The van der Waals surface area contributed by atoms with Crippen molar-refractivity contribution in [1.29, 1.82) is 0 Å². The second kappa shape index (κ2) is 2.60. The third kappa shape index (κ3) is 0.889. The standard InChI is InChI=1S/C11H12Br4/c12-10(13)6-4-8-2-1-3-9(8,5-7(6)10)11(8,14)15/h6-7H,1-5H2/t6-,7+,8-,9-/m0/s1. The van der Waals surface area contributed by atoms with Crippen molar-refractivity contribution in [3.63, 3.8) is 0 Å². The highest BCUT2D eigenvalue weighted by molar-refractivity contribution is 9.26. The van der Waals surface area contributed by atoms with E-state index in [-0.39, 0.29) is 3.23 Å². The zero-order chi connectivity index (χ0) is 10.7. The zero-order valence-corrected chi connectivity index (χ0v) is 14.5. The zero-order valence-electron chi connectivity index (χ0n) is 8.20. The first kappa shape index (κ1) is 10.8. The predicted molar refractivity (Wildman–Crippen MR) is 76.1 cm³/mol. The van der Waals surface area contributed by atoms with E-state index >= 15 is 0 Å². The minimum Gasteiger partial charge on any atom is -0.0721 e. The van der Waals surface area contributed by atoms with Crippen LogP contribution < -0.4 is 0 Å². The molecule has 4 fully saturated rings. The normalized spacial score (nSPS) is 61.6. The Morgan fingerprint density at radius 1 is 0.800 bits per heavy atom. The molecule has 15 heavy (non-hydrogen) atoms. The average molecular weight is 464 g/mol. The van der Waals surface area contributed by atoms with Gasteiger partial charge in [0.25, 0.3) is 0 Å². The quantitative estimate of drug-likeness (QED) is 0.435. The van der Waals surface area contributed by atoms with E-state index in [2.05, 4.69) is 63.7 Å². The summed E-state index contributed by atoms with van der Waals surface area (Å²) < 4.78 is 0.572. The van der Waals surface area contributed by atoms with Gasteiger partial charge in [0.1, 0.15) is 0 Å². The van der Waals surface area contributed by atoms with Gasteiger partial charge in [-0.15, -0.1) is 0 Å². The molecule has 0 amide bonds. The molecule has 4 heteroatoms. The summed E-state index contributed by atoms with van der Waals surface area (Å²) in [7, 11) is 0. The lowest BCUT2D eigenvalue weighted by molar-refractivity contribution is 0.265. The fraction of sp³-hybridized carbons (Fsp3) is 1.00. The summed E-state index contributed by atoms with van der Waals surface area (Å²) >= 11 is 15.7. The number of hydrogen-bond acceptors (Lipinski definition) is 0. The van der Waals surface area contributed by atoms with Gasteiger partial charge in [-0.25, -0.2) is 0 Å². The fourth-order valence-corrected chi connectivity index (χ4v) is 9.26. The largest absolute Gasteiger partial charge is 0.0929 e. The smallest absolute Gasteiger partial charge is 0.0721 e. The van der Waals surface area contributed by atoms with Gasteiger partial charge in [0.2, 0.25) is 0 Å². The van der Waals surface area contributed by atoms with Gasteiger partial charge in [-0.2, -0.15) is 0 Å². The highest BCUT2D eigenvalue weighted by Crippen LogP contribution is 2.95. The first-order valence-electron chi connectivity index (χ1n) is 5.65. The number of rotatable bonds is 0. The van der Waals surface area contributed by atoms with Crippen LogP contribution in [0.15, 0.2) is 0 Å². The summed E-state index contributed by atoms with van der Waals surface area (Å²) in [5.41, 5.74) is 1.15. The predicted octanol–water partition coefficient (Wildman–Crippen LogP) is 5.17. The van der Waals surface area contributed by atoms with E-state index in [0.717, 1.165) is 11.8 Å². The van der Waals surface area contributed by atoms with Gasteiger partial charge >= 0.3 is 0 Å². The topological polar surface area (TPSA) is 0 Å². The van der Waals surface area contributed by atoms with Crippen LogP contribution >= 0.6 is 63.7 Å². The molecule has 4 aliphatic rings. The molecule has 0 bridgehead atoms. The number of fused-ring (bicyclic) bond motifs is 1. The van der Waals surface area contributed by atoms with Crippen LogP contribution in [-0.2, 0) is 0 Å². The highest BCUT2D eigenvalue weighted by atomic mass is 79.9. The Hall–Kier alpha value is 1.92. The third-order valence-electron chi connectivity index (χ3n) is 5.76. The number of hydrogen-bond donors (Lipinski definition) is 0. The van der Waals surface area contributed by atoms with Crippen molar-refractivity contribution in [1.82, 2.24) is 0 Å². The van der Waals surface area contributed by atoms with Crippen LogP contribution in [0.25, 0.3) is 0 Å². The van der Waals surface area contributed by atoms with E-state index in [1.54, 1.807) is 0 Å². The molecular formula is C11H12Br4. The van der Waals surface area contributed by atoms with Crippen molar-refractivity contribution in [3.8, 4) is 0 Å². The minimum absolute atomic E-state index is 0.280. The SMILES string of the molecule is BrC1(Br)[C@@H]2C[C@@]34CCC[C@@]3(C[C@@H]21)C4(Br)Br. The van der Waals surface area contributed by atoms with Gasteiger partial charge < -0.3 is 0 Å². The molecule has 0 saturated heterocycles. The fourth-order valence-electron chi connectivity index (χ4n) is 4.85. The van der Waals surface area contributed by atoms with Crippen LogP contribution in [0, 0.1) is 22.7 Å². The van der Waals surface area contributed by atoms with Gasteiger partial charge in [0.05, 0.1) is 6.47 Å². The molecular weight excluding hydrogens is 452 g/mol. The summed E-state index contributed by atoms with van der Waals surface area (Å²) in [6.07, 6.45) is 7.07. The third-order valence-corrected chi connectivity index (χ3v) is 11.2. The van der Waals surface area contributed by atoms with Crippen LogP contribution in [0.4, 0.5) is 0 Å². The summed E-state index contributed by atoms with van der Waals surface area (Å²) in [6, 6.07) is 0. The molecule has 0 spiro atoms. The molecule has 0 nitrogen and oxygen atoms in total. The van der Waals surface area contributed by atoms with Crippen LogP contribution in [0.1, 0.15) is 32.1 Å². The van der Waals surface area contributed by atoms with Crippen LogP contribution in [0.3, 0.4) is 0 Å². The van der Waals surface area contributed by atoms with Gasteiger partial charge in [-0.1, -0.05) is 70.1 Å². The average Bonchev–Trinajstić information content (AvgIpc) is 2.72. The summed E-state index contributed by atoms with van der Waals surface area (Å²) in [5.74, 6) is 1.72. The second-order valence-electron chi connectivity index (χ2n) is 5.89. The van der Waals surface area contributed by atoms with Gasteiger partial charge in [-0.05, 0) is 37.5 Å². The summed E-state index contributed by atoms with van der Waals surface area (Å²) in [5, 5.41) is 0. The molecule has 0 aliphatic heterocycles. The molecule has 4 rings (SSSR count). The molecule has 4 atom stereocenters. The Bertz CT molecular complexity index is 334. The summed E-state index contributed by atoms with van der Waals surface area (Å²) in [4.78, 5) is 0. The molecule has 0 N–H and O–H groups in total. The first-order chi connectivity index (χ1) is 6.89. The van der Waals surface area contributed by atoms with Crippen molar-refractivity contribution < 1.29 is 0 Å². The van der Waals surface area contributed by atoms with E-state index in [0.29, 0.717) is 14.1 Å². The molecule has 0 aromatic carbocycles. The highest BCUT2D eigenvalue weighted by Gasteiger charge is 2.91. The maximum Gasteiger partial charge on any atom is 0.0929 e. The van der Waals surface area contributed by atoms with E-state index in [9.17, 15) is 0 Å². The van der Waals surface area contributed by atoms with E-state index in [1.807, 2.05) is 0 Å². The van der Waals surface area contributed by atoms with Crippen molar-refractivity contribution in [2.45, 2.75) is 38.6 Å². The molecule has 0 heterocycles. The lowest BCUT2D eigenvalue weighted by atomic mass is 9.82. The van der Waals surface area contributed by atoms with Gasteiger partial charge in [-0.3, -0.25) is 0 Å². The molecule has 84 valence electrons.